The molecule has 0 bridgehead atoms. The Morgan fingerprint density at radius 1 is 1.31 bits per heavy atom. The molecule has 1 aromatic carbocycles. The lowest BCUT2D eigenvalue weighted by Crippen LogP contribution is -2.08. The third kappa shape index (κ3) is 1.39. The number of hydrogen-bond donors (Lipinski definition) is 0. The highest BCUT2D eigenvalue weighted by Crippen LogP contribution is 2.33. The maximum atomic E-state index is 3.57. The maximum Gasteiger partial charge on any atom is 0.0400 e. The summed E-state index contributed by atoms with van der Waals surface area (Å²) in [5, 5.41) is 0. The molecule has 2 heteroatoms. The summed E-state index contributed by atoms with van der Waals surface area (Å²) in [6.45, 7) is 0. The minimum Gasteiger partial charge on any atom is -0.377 e. The topological polar surface area (TPSA) is 3.24 Å². The van der Waals surface area contributed by atoms with Crippen LogP contribution >= 0.6 is 15.9 Å². The molecule has 0 atom stereocenters. The molecule has 1 aliphatic rings. The van der Waals surface area contributed by atoms with Crippen molar-refractivity contribution in [3.05, 3.63) is 39.9 Å². The van der Waals surface area contributed by atoms with Crippen molar-refractivity contribution < 1.29 is 0 Å². The number of benzene rings is 1. The number of allylic oxidation sites excluding steroid dienone is 1. The first-order valence-corrected chi connectivity index (χ1v) is 5.14. The van der Waals surface area contributed by atoms with E-state index in [4.69, 9.17) is 0 Å². The van der Waals surface area contributed by atoms with E-state index < -0.39 is 0 Å². The van der Waals surface area contributed by atoms with Crippen LogP contribution in [0.4, 0.5) is 0 Å². The second kappa shape index (κ2) is 3.18. The summed E-state index contributed by atoms with van der Waals surface area (Å²) in [7, 11) is 4.17. The van der Waals surface area contributed by atoms with E-state index in [1.165, 1.54) is 21.3 Å². The Balaban J connectivity index is 2.50. The fourth-order valence-electron chi connectivity index (χ4n) is 1.74. The van der Waals surface area contributed by atoms with Crippen molar-refractivity contribution in [1.82, 2.24) is 4.90 Å². The van der Waals surface area contributed by atoms with Gasteiger partial charge >= 0.3 is 0 Å². The molecule has 1 aliphatic carbocycles. The van der Waals surface area contributed by atoms with Gasteiger partial charge in [-0.05, 0) is 18.1 Å². The highest BCUT2D eigenvalue weighted by molar-refractivity contribution is 9.10. The van der Waals surface area contributed by atoms with Crippen LogP contribution in [0, 0.1) is 0 Å². The van der Waals surface area contributed by atoms with E-state index in [0.29, 0.717) is 0 Å². The van der Waals surface area contributed by atoms with E-state index in [0.717, 1.165) is 6.42 Å². The Labute approximate surface area is 87.2 Å². The molecule has 0 amide bonds. The van der Waals surface area contributed by atoms with Crippen molar-refractivity contribution in [3.8, 4) is 0 Å². The number of hydrogen-bond acceptors (Lipinski definition) is 1. The van der Waals surface area contributed by atoms with Gasteiger partial charge in [0, 0.05) is 29.8 Å². The van der Waals surface area contributed by atoms with Gasteiger partial charge in [0.1, 0.15) is 0 Å². The standard InChI is InChI=1S/C11H12BrN/c1-13(2)11-7-6-8-9(11)4-3-5-10(8)12/h3-5,7H,6H2,1-2H3. The summed E-state index contributed by atoms with van der Waals surface area (Å²) in [4.78, 5) is 2.16. The van der Waals surface area contributed by atoms with E-state index in [2.05, 4.69) is 59.2 Å². The van der Waals surface area contributed by atoms with Gasteiger partial charge in [-0.15, -0.1) is 0 Å². The van der Waals surface area contributed by atoms with Gasteiger partial charge in [-0.3, -0.25) is 0 Å². The zero-order valence-corrected chi connectivity index (χ0v) is 9.43. The molecule has 0 aliphatic heterocycles. The molecule has 2 rings (SSSR count). The van der Waals surface area contributed by atoms with Crippen molar-refractivity contribution in [2.75, 3.05) is 14.1 Å². The first-order chi connectivity index (χ1) is 6.20. The Hall–Kier alpha value is -0.760. The van der Waals surface area contributed by atoms with Gasteiger partial charge in [0.2, 0.25) is 0 Å². The molecule has 0 saturated heterocycles. The Morgan fingerprint density at radius 3 is 2.77 bits per heavy atom. The molecule has 0 radical (unpaired) electrons. The zero-order chi connectivity index (χ0) is 9.42. The second-order valence-electron chi connectivity index (χ2n) is 3.45. The van der Waals surface area contributed by atoms with Crippen LogP contribution in [0.25, 0.3) is 5.70 Å². The van der Waals surface area contributed by atoms with Crippen molar-refractivity contribution in [2.24, 2.45) is 0 Å². The average molecular weight is 238 g/mol. The van der Waals surface area contributed by atoms with Crippen molar-refractivity contribution in [2.45, 2.75) is 6.42 Å². The first kappa shape index (κ1) is 8.82. The molecule has 0 spiro atoms. The Morgan fingerprint density at radius 2 is 2.08 bits per heavy atom. The smallest absolute Gasteiger partial charge is 0.0400 e. The predicted octanol–water partition coefficient (Wildman–Crippen LogP) is 2.91. The lowest BCUT2D eigenvalue weighted by Gasteiger charge is -2.15. The molecule has 13 heavy (non-hydrogen) atoms. The minimum absolute atomic E-state index is 1.05. The van der Waals surface area contributed by atoms with Crippen LogP contribution in [0.5, 0.6) is 0 Å². The number of rotatable bonds is 1. The largest absolute Gasteiger partial charge is 0.377 e. The average Bonchev–Trinajstić information content (AvgIpc) is 2.48. The fraction of sp³-hybridized carbons (Fsp3) is 0.273. The Kier molecular flexibility index (Phi) is 2.16. The SMILES string of the molecule is CN(C)C1=CCc2c(Br)cccc21. The fourth-order valence-corrected chi connectivity index (χ4v) is 2.27. The quantitative estimate of drug-likeness (QED) is 0.727. The first-order valence-electron chi connectivity index (χ1n) is 4.35. The van der Waals surface area contributed by atoms with Crippen LogP contribution in [0.3, 0.4) is 0 Å². The van der Waals surface area contributed by atoms with Gasteiger partial charge in [-0.1, -0.05) is 34.1 Å². The van der Waals surface area contributed by atoms with Crippen LogP contribution in [0.15, 0.2) is 28.7 Å². The minimum atomic E-state index is 1.05. The number of fused-ring (bicyclic) bond motifs is 1. The van der Waals surface area contributed by atoms with Crippen molar-refractivity contribution in [1.29, 1.82) is 0 Å². The summed E-state index contributed by atoms with van der Waals surface area (Å²) in [6, 6.07) is 6.37. The molecule has 1 aromatic rings. The van der Waals surface area contributed by atoms with E-state index in [9.17, 15) is 0 Å². The Bertz CT molecular complexity index is 366. The highest BCUT2D eigenvalue weighted by atomic mass is 79.9. The van der Waals surface area contributed by atoms with Gasteiger partial charge < -0.3 is 4.90 Å². The predicted molar refractivity (Wildman–Crippen MR) is 59.5 cm³/mol. The highest BCUT2D eigenvalue weighted by Gasteiger charge is 2.16. The monoisotopic (exact) mass is 237 g/mol. The van der Waals surface area contributed by atoms with Crippen LogP contribution in [-0.2, 0) is 6.42 Å². The van der Waals surface area contributed by atoms with Gasteiger partial charge in [0.05, 0.1) is 0 Å². The summed E-state index contributed by atoms with van der Waals surface area (Å²) in [5.41, 5.74) is 4.10. The van der Waals surface area contributed by atoms with Crippen LogP contribution in [-0.4, -0.2) is 19.0 Å². The number of halogens is 1. The van der Waals surface area contributed by atoms with Gasteiger partial charge in [0.15, 0.2) is 0 Å². The molecule has 0 unspecified atom stereocenters. The molecule has 1 nitrogen and oxygen atoms in total. The van der Waals surface area contributed by atoms with Gasteiger partial charge in [-0.25, -0.2) is 0 Å². The van der Waals surface area contributed by atoms with Crippen molar-refractivity contribution >= 4 is 21.6 Å². The molecular weight excluding hydrogens is 226 g/mol. The maximum absolute atomic E-state index is 3.57. The third-order valence-corrected chi connectivity index (χ3v) is 3.12. The summed E-state index contributed by atoms with van der Waals surface area (Å²) >= 11 is 3.57. The normalized spacial score (nSPS) is 13.9. The summed E-state index contributed by atoms with van der Waals surface area (Å²) < 4.78 is 1.22. The lowest BCUT2D eigenvalue weighted by molar-refractivity contribution is 0.593. The molecule has 0 heterocycles. The zero-order valence-electron chi connectivity index (χ0n) is 7.84. The second-order valence-corrected chi connectivity index (χ2v) is 4.31. The third-order valence-electron chi connectivity index (χ3n) is 2.38. The number of nitrogens with zero attached hydrogens (tertiary/aromatic N) is 1. The molecule has 0 saturated carbocycles. The van der Waals surface area contributed by atoms with E-state index in [1.54, 1.807) is 0 Å². The van der Waals surface area contributed by atoms with Gasteiger partial charge in [0.25, 0.3) is 0 Å². The molecular formula is C11H12BrN. The summed E-state index contributed by atoms with van der Waals surface area (Å²) in [6.07, 6.45) is 3.32. The molecule has 68 valence electrons. The summed E-state index contributed by atoms with van der Waals surface area (Å²) in [5.74, 6) is 0. The van der Waals surface area contributed by atoms with Crippen LogP contribution in [0.1, 0.15) is 11.1 Å². The van der Waals surface area contributed by atoms with Crippen molar-refractivity contribution in [3.63, 3.8) is 0 Å². The van der Waals surface area contributed by atoms with E-state index in [1.807, 2.05) is 0 Å². The van der Waals surface area contributed by atoms with Crippen LogP contribution < -0.4 is 0 Å². The van der Waals surface area contributed by atoms with E-state index in [-0.39, 0.29) is 0 Å². The lowest BCUT2D eigenvalue weighted by atomic mass is 10.1. The van der Waals surface area contributed by atoms with E-state index >= 15 is 0 Å². The molecule has 0 N–H and O–H groups in total. The van der Waals surface area contributed by atoms with Gasteiger partial charge in [-0.2, -0.15) is 0 Å². The molecule has 0 fully saturated rings. The molecule has 0 aromatic heterocycles. The van der Waals surface area contributed by atoms with Crippen LogP contribution in [0.2, 0.25) is 0 Å².